The standard InChI is InChI=1S/C27H23Cl2NO4S/c1-3-33-24-13-18(10-11-23(24)34-16-19-7-4-6-17(2)12-19)14-25-26(31)30(27(32)35-25)15-20-21(28)8-5-9-22(20)29/h4-14H,3,15-16H2,1-2H3. The fourth-order valence-corrected chi connectivity index (χ4v) is 4.95. The van der Waals surface area contributed by atoms with Crippen molar-refractivity contribution in [3.63, 3.8) is 0 Å². The number of aryl methyl sites for hydroxylation is 1. The highest BCUT2D eigenvalue weighted by molar-refractivity contribution is 8.18. The Bertz CT molecular complexity index is 1290. The summed E-state index contributed by atoms with van der Waals surface area (Å²) in [6, 6.07) is 18.6. The number of thioether (sulfide) groups is 1. The Labute approximate surface area is 218 Å². The number of hydrogen-bond acceptors (Lipinski definition) is 5. The predicted molar refractivity (Wildman–Crippen MR) is 141 cm³/mol. The van der Waals surface area contributed by atoms with Crippen LogP contribution in [0.25, 0.3) is 6.08 Å². The number of imide groups is 1. The van der Waals surface area contributed by atoms with Crippen LogP contribution in [0.4, 0.5) is 4.79 Å². The monoisotopic (exact) mass is 527 g/mol. The molecule has 1 heterocycles. The zero-order valence-corrected chi connectivity index (χ0v) is 21.5. The van der Waals surface area contributed by atoms with Crippen molar-refractivity contribution in [2.24, 2.45) is 0 Å². The molecule has 1 fully saturated rings. The number of benzene rings is 3. The van der Waals surface area contributed by atoms with E-state index in [1.165, 1.54) is 0 Å². The molecule has 0 radical (unpaired) electrons. The third-order valence-corrected chi connectivity index (χ3v) is 6.91. The molecule has 0 unspecified atom stereocenters. The highest BCUT2D eigenvalue weighted by Gasteiger charge is 2.35. The van der Waals surface area contributed by atoms with Crippen molar-refractivity contribution in [3.05, 3.63) is 97.9 Å². The topological polar surface area (TPSA) is 55.8 Å². The molecular weight excluding hydrogens is 505 g/mol. The van der Waals surface area contributed by atoms with Crippen LogP contribution in [-0.4, -0.2) is 22.7 Å². The number of rotatable bonds is 8. The molecule has 0 N–H and O–H groups in total. The molecule has 5 nitrogen and oxygen atoms in total. The van der Waals surface area contributed by atoms with Crippen LogP contribution in [0, 0.1) is 6.92 Å². The van der Waals surface area contributed by atoms with Crippen molar-refractivity contribution in [2.75, 3.05) is 6.61 Å². The lowest BCUT2D eigenvalue weighted by molar-refractivity contribution is -0.123. The van der Waals surface area contributed by atoms with E-state index in [-0.39, 0.29) is 11.8 Å². The molecule has 0 bridgehead atoms. The average molecular weight is 528 g/mol. The summed E-state index contributed by atoms with van der Waals surface area (Å²) in [5.41, 5.74) is 3.48. The van der Waals surface area contributed by atoms with Crippen LogP contribution in [0.3, 0.4) is 0 Å². The lowest BCUT2D eigenvalue weighted by Crippen LogP contribution is -2.27. The van der Waals surface area contributed by atoms with E-state index in [9.17, 15) is 9.59 Å². The van der Waals surface area contributed by atoms with Gasteiger partial charge in [0.25, 0.3) is 11.1 Å². The van der Waals surface area contributed by atoms with E-state index in [0.29, 0.717) is 45.2 Å². The molecule has 0 aliphatic carbocycles. The second-order valence-corrected chi connectivity index (χ2v) is 9.69. The molecule has 1 aliphatic heterocycles. The van der Waals surface area contributed by atoms with E-state index in [1.807, 2.05) is 38.1 Å². The normalized spacial score (nSPS) is 14.6. The SMILES string of the molecule is CCOc1cc(C=C2SC(=O)N(Cc3c(Cl)cccc3Cl)C2=O)ccc1OCc1cccc(C)c1. The number of amides is 2. The van der Waals surface area contributed by atoms with Crippen molar-refractivity contribution in [2.45, 2.75) is 27.0 Å². The first kappa shape index (κ1) is 25.2. The summed E-state index contributed by atoms with van der Waals surface area (Å²) in [6.07, 6.45) is 1.67. The highest BCUT2D eigenvalue weighted by Crippen LogP contribution is 2.37. The Morgan fingerprint density at radius 1 is 0.943 bits per heavy atom. The van der Waals surface area contributed by atoms with Gasteiger partial charge in [-0.1, -0.05) is 65.2 Å². The van der Waals surface area contributed by atoms with Crippen molar-refractivity contribution >= 4 is 52.2 Å². The first-order valence-corrected chi connectivity index (χ1v) is 12.6. The second kappa shape index (κ2) is 11.2. The van der Waals surface area contributed by atoms with Gasteiger partial charge in [-0.25, -0.2) is 0 Å². The number of hydrogen-bond donors (Lipinski definition) is 0. The molecule has 35 heavy (non-hydrogen) atoms. The van der Waals surface area contributed by atoms with Gasteiger partial charge >= 0.3 is 0 Å². The van der Waals surface area contributed by atoms with Crippen molar-refractivity contribution < 1.29 is 19.1 Å². The van der Waals surface area contributed by atoms with Crippen LogP contribution in [0.1, 0.15) is 29.2 Å². The second-order valence-electron chi connectivity index (χ2n) is 7.88. The summed E-state index contributed by atoms with van der Waals surface area (Å²) < 4.78 is 11.8. The smallest absolute Gasteiger partial charge is 0.293 e. The van der Waals surface area contributed by atoms with E-state index in [1.54, 1.807) is 36.4 Å². The molecule has 4 rings (SSSR count). The Morgan fingerprint density at radius 2 is 1.69 bits per heavy atom. The average Bonchev–Trinajstić information content (AvgIpc) is 3.08. The molecule has 0 spiro atoms. The molecule has 1 aliphatic rings. The molecular formula is C27H23Cl2NO4S. The van der Waals surface area contributed by atoms with E-state index in [4.69, 9.17) is 32.7 Å². The minimum atomic E-state index is -0.395. The zero-order valence-electron chi connectivity index (χ0n) is 19.2. The first-order chi connectivity index (χ1) is 16.9. The van der Waals surface area contributed by atoms with Gasteiger partial charge in [-0.2, -0.15) is 0 Å². The van der Waals surface area contributed by atoms with Crippen molar-refractivity contribution in [1.29, 1.82) is 0 Å². The minimum Gasteiger partial charge on any atom is -0.490 e. The largest absolute Gasteiger partial charge is 0.490 e. The van der Waals surface area contributed by atoms with Gasteiger partial charge in [0.05, 0.1) is 18.1 Å². The van der Waals surface area contributed by atoms with E-state index < -0.39 is 5.91 Å². The predicted octanol–water partition coefficient (Wildman–Crippen LogP) is 7.52. The molecule has 1 saturated heterocycles. The lowest BCUT2D eigenvalue weighted by atomic mass is 10.1. The molecule has 0 atom stereocenters. The summed E-state index contributed by atoms with van der Waals surface area (Å²) in [5.74, 6) is 0.775. The number of carbonyl (C=O) groups is 2. The quantitative estimate of drug-likeness (QED) is 0.283. The summed E-state index contributed by atoms with van der Waals surface area (Å²) in [4.78, 5) is 27.0. The van der Waals surface area contributed by atoms with E-state index >= 15 is 0 Å². The minimum absolute atomic E-state index is 0.0104. The maximum atomic E-state index is 13.0. The first-order valence-electron chi connectivity index (χ1n) is 11.0. The van der Waals surface area contributed by atoms with Crippen molar-refractivity contribution in [1.82, 2.24) is 4.90 Å². The number of ether oxygens (including phenoxy) is 2. The molecule has 8 heteroatoms. The Kier molecular flexibility index (Phi) is 8.06. The number of nitrogens with zero attached hydrogens (tertiary/aromatic N) is 1. The van der Waals surface area contributed by atoms with Crippen LogP contribution in [0.5, 0.6) is 11.5 Å². The van der Waals surface area contributed by atoms with Crippen LogP contribution in [-0.2, 0) is 17.9 Å². The molecule has 2 amide bonds. The summed E-state index contributed by atoms with van der Waals surface area (Å²) in [6.45, 7) is 4.80. The highest BCUT2D eigenvalue weighted by atomic mass is 35.5. The third-order valence-electron chi connectivity index (χ3n) is 5.29. The van der Waals surface area contributed by atoms with Gasteiger partial charge in [0.1, 0.15) is 6.61 Å². The fraction of sp³-hybridized carbons (Fsp3) is 0.185. The van der Waals surface area contributed by atoms with Gasteiger partial charge in [0, 0.05) is 15.6 Å². The number of halogens is 2. The lowest BCUT2D eigenvalue weighted by Gasteiger charge is -2.15. The Balaban J connectivity index is 1.53. The van der Waals surface area contributed by atoms with Gasteiger partial charge in [-0.3, -0.25) is 14.5 Å². The zero-order chi connectivity index (χ0) is 24.9. The maximum absolute atomic E-state index is 13.0. The van der Waals surface area contributed by atoms with Gasteiger partial charge in [0.15, 0.2) is 11.5 Å². The molecule has 0 aromatic heterocycles. The number of carbonyl (C=O) groups excluding carboxylic acids is 2. The van der Waals surface area contributed by atoms with Crippen LogP contribution in [0.2, 0.25) is 10.0 Å². The maximum Gasteiger partial charge on any atom is 0.293 e. The molecule has 180 valence electrons. The van der Waals surface area contributed by atoms with E-state index in [2.05, 4.69) is 6.07 Å². The van der Waals surface area contributed by atoms with Gasteiger partial charge in [-0.05, 0) is 67.1 Å². The van der Waals surface area contributed by atoms with Crippen LogP contribution >= 0.6 is 35.0 Å². The Hall–Kier alpha value is -2.93. The molecule has 3 aromatic carbocycles. The summed E-state index contributed by atoms with van der Waals surface area (Å²) in [7, 11) is 0. The fourth-order valence-electron chi connectivity index (χ4n) is 3.59. The van der Waals surface area contributed by atoms with Crippen LogP contribution in [0.15, 0.2) is 65.6 Å². The Morgan fingerprint density at radius 3 is 2.40 bits per heavy atom. The van der Waals surface area contributed by atoms with Crippen LogP contribution < -0.4 is 9.47 Å². The summed E-state index contributed by atoms with van der Waals surface area (Å²) >= 11 is 13.3. The molecule has 0 saturated carbocycles. The van der Waals surface area contributed by atoms with E-state index in [0.717, 1.165) is 33.4 Å². The third kappa shape index (κ3) is 6.01. The van der Waals surface area contributed by atoms with Gasteiger partial charge in [-0.15, -0.1) is 0 Å². The van der Waals surface area contributed by atoms with Crippen molar-refractivity contribution in [3.8, 4) is 11.5 Å². The molecule has 3 aromatic rings. The van der Waals surface area contributed by atoms with Gasteiger partial charge < -0.3 is 9.47 Å². The van der Waals surface area contributed by atoms with Gasteiger partial charge in [0.2, 0.25) is 0 Å². The summed E-state index contributed by atoms with van der Waals surface area (Å²) in [5, 5.41) is 0.437.